The zero-order valence-electron chi connectivity index (χ0n) is 11.8. The molecule has 1 aliphatic heterocycles. The summed E-state index contributed by atoms with van der Waals surface area (Å²) >= 11 is 1.65. The summed E-state index contributed by atoms with van der Waals surface area (Å²) < 4.78 is 5.59. The topological polar surface area (TPSA) is 26.3 Å². The number of hydrogen-bond acceptors (Lipinski definition) is 3. The Morgan fingerprint density at radius 3 is 2.29 bits per heavy atom. The molecule has 106 valence electrons. The van der Waals surface area contributed by atoms with Gasteiger partial charge in [0.1, 0.15) is 0 Å². The van der Waals surface area contributed by atoms with E-state index in [-0.39, 0.29) is 5.97 Å². The summed E-state index contributed by atoms with van der Waals surface area (Å²) in [6.07, 6.45) is 1.95. The van der Waals surface area contributed by atoms with Crippen molar-refractivity contribution in [3.05, 3.63) is 77.9 Å². The molecule has 1 heterocycles. The summed E-state index contributed by atoms with van der Waals surface area (Å²) in [4.78, 5) is 13.2. The smallest absolute Gasteiger partial charge is 0.335 e. The lowest BCUT2D eigenvalue weighted by Gasteiger charge is -2.21. The minimum Gasteiger partial charge on any atom is -0.447 e. The Labute approximate surface area is 128 Å². The SMILES string of the molecule is CC1(c2ccccc2)C=C(CSc2ccccc2)C(=O)O1. The first-order valence-electron chi connectivity index (χ1n) is 6.86. The number of benzene rings is 2. The van der Waals surface area contributed by atoms with Crippen molar-refractivity contribution in [2.45, 2.75) is 17.4 Å². The first kappa shape index (κ1) is 14.0. The molecule has 0 aliphatic carbocycles. The average molecular weight is 296 g/mol. The molecular weight excluding hydrogens is 280 g/mol. The molecular formula is C18H16O2S. The fourth-order valence-corrected chi connectivity index (χ4v) is 3.24. The van der Waals surface area contributed by atoms with Crippen LogP contribution in [0.25, 0.3) is 0 Å². The third-order valence-corrected chi connectivity index (χ3v) is 4.56. The summed E-state index contributed by atoms with van der Waals surface area (Å²) in [5.41, 5.74) is 1.08. The molecule has 3 rings (SSSR count). The van der Waals surface area contributed by atoms with Crippen LogP contribution < -0.4 is 0 Å². The molecule has 0 saturated heterocycles. The van der Waals surface area contributed by atoms with Crippen LogP contribution in [-0.4, -0.2) is 11.7 Å². The molecule has 21 heavy (non-hydrogen) atoms. The van der Waals surface area contributed by atoms with Crippen LogP contribution in [0.15, 0.2) is 77.2 Å². The highest BCUT2D eigenvalue weighted by atomic mass is 32.2. The van der Waals surface area contributed by atoms with Gasteiger partial charge < -0.3 is 4.74 Å². The minimum absolute atomic E-state index is 0.218. The molecule has 2 aromatic carbocycles. The van der Waals surface area contributed by atoms with Gasteiger partial charge in [-0.2, -0.15) is 0 Å². The molecule has 0 aromatic heterocycles. The molecule has 1 atom stereocenters. The highest BCUT2D eigenvalue weighted by Gasteiger charge is 2.37. The van der Waals surface area contributed by atoms with Gasteiger partial charge >= 0.3 is 5.97 Å². The van der Waals surface area contributed by atoms with Gasteiger partial charge in [0.25, 0.3) is 0 Å². The van der Waals surface area contributed by atoms with Gasteiger partial charge in [0.2, 0.25) is 0 Å². The summed E-state index contributed by atoms with van der Waals surface area (Å²) in [7, 11) is 0. The Kier molecular flexibility index (Phi) is 3.84. The molecule has 0 saturated carbocycles. The largest absolute Gasteiger partial charge is 0.447 e. The number of carbonyl (C=O) groups is 1. The van der Waals surface area contributed by atoms with Gasteiger partial charge in [-0.15, -0.1) is 11.8 Å². The van der Waals surface area contributed by atoms with Crippen LogP contribution in [0.1, 0.15) is 12.5 Å². The van der Waals surface area contributed by atoms with E-state index in [1.165, 1.54) is 0 Å². The maximum Gasteiger partial charge on any atom is 0.335 e. The van der Waals surface area contributed by atoms with E-state index in [1.54, 1.807) is 11.8 Å². The van der Waals surface area contributed by atoms with E-state index in [0.29, 0.717) is 5.75 Å². The second kappa shape index (κ2) is 5.78. The normalized spacial score (nSPS) is 21.0. The van der Waals surface area contributed by atoms with Crippen LogP contribution in [0.4, 0.5) is 0 Å². The van der Waals surface area contributed by atoms with Crippen LogP contribution in [0, 0.1) is 0 Å². The molecule has 0 spiro atoms. The third-order valence-electron chi connectivity index (χ3n) is 3.50. The minimum atomic E-state index is -0.648. The van der Waals surface area contributed by atoms with Crippen molar-refractivity contribution in [2.24, 2.45) is 0 Å². The van der Waals surface area contributed by atoms with Crippen molar-refractivity contribution in [3.8, 4) is 0 Å². The summed E-state index contributed by atoms with van der Waals surface area (Å²) in [6.45, 7) is 1.93. The van der Waals surface area contributed by atoms with E-state index in [9.17, 15) is 4.79 Å². The molecule has 0 bridgehead atoms. The number of rotatable bonds is 4. The zero-order valence-corrected chi connectivity index (χ0v) is 12.6. The molecule has 0 N–H and O–H groups in total. The van der Waals surface area contributed by atoms with Crippen molar-refractivity contribution in [1.29, 1.82) is 0 Å². The van der Waals surface area contributed by atoms with Crippen LogP contribution in [0.5, 0.6) is 0 Å². The van der Waals surface area contributed by atoms with Gasteiger partial charge in [-0.25, -0.2) is 4.79 Å². The maximum atomic E-state index is 12.1. The molecule has 1 unspecified atom stereocenters. The molecule has 0 amide bonds. The van der Waals surface area contributed by atoms with E-state index in [2.05, 4.69) is 0 Å². The predicted octanol–water partition coefficient (Wildman–Crippen LogP) is 4.18. The van der Waals surface area contributed by atoms with Crippen molar-refractivity contribution < 1.29 is 9.53 Å². The second-order valence-electron chi connectivity index (χ2n) is 5.13. The Morgan fingerprint density at radius 2 is 1.62 bits per heavy atom. The monoisotopic (exact) mass is 296 g/mol. The predicted molar refractivity (Wildman–Crippen MR) is 85.1 cm³/mol. The van der Waals surface area contributed by atoms with Gasteiger partial charge in [-0.3, -0.25) is 0 Å². The molecule has 0 fully saturated rings. The average Bonchev–Trinajstić information content (AvgIpc) is 2.83. The van der Waals surface area contributed by atoms with Gasteiger partial charge in [-0.05, 0) is 30.7 Å². The Morgan fingerprint density at radius 1 is 1.00 bits per heavy atom. The van der Waals surface area contributed by atoms with E-state index in [4.69, 9.17) is 4.74 Å². The van der Waals surface area contributed by atoms with Gasteiger partial charge in [0, 0.05) is 16.2 Å². The molecule has 0 radical (unpaired) electrons. The Bertz CT molecular complexity index is 664. The van der Waals surface area contributed by atoms with Crippen molar-refractivity contribution in [2.75, 3.05) is 5.75 Å². The Hall–Kier alpha value is -2.00. The number of ether oxygens (including phenoxy) is 1. The highest BCUT2D eigenvalue weighted by Crippen LogP contribution is 2.36. The first-order chi connectivity index (χ1) is 10.2. The zero-order chi connectivity index (χ0) is 14.7. The first-order valence-corrected chi connectivity index (χ1v) is 7.84. The molecule has 2 nitrogen and oxygen atoms in total. The fraction of sp³-hybridized carbons (Fsp3) is 0.167. The molecule has 1 aliphatic rings. The van der Waals surface area contributed by atoms with Crippen molar-refractivity contribution >= 4 is 17.7 Å². The fourth-order valence-electron chi connectivity index (χ4n) is 2.37. The van der Waals surface area contributed by atoms with Crippen LogP contribution in [0.2, 0.25) is 0 Å². The van der Waals surface area contributed by atoms with Gasteiger partial charge in [0.15, 0.2) is 5.60 Å². The van der Waals surface area contributed by atoms with Crippen LogP contribution in [-0.2, 0) is 15.1 Å². The summed E-state index contributed by atoms with van der Waals surface area (Å²) in [5.74, 6) is 0.412. The molecule has 3 heteroatoms. The standard InChI is InChI=1S/C18H16O2S/c1-18(15-8-4-2-5-9-15)12-14(17(19)20-18)13-21-16-10-6-3-7-11-16/h2-12H,13H2,1H3. The highest BCUT2D eigenvalue weighted by molar-refractivity contribution is 7.99. The van der Waals surface area contributed by atoms with Gasteiger partial charge in [0.05, 0.1) is 0 Å². The summed E-state index contributed by atoms with van der Waals surface area (Å²) in [5, 5.41) is 0. The summed E-state index contributed by atoms with van der Waals surface area (Å²) in [6, 6.07) is 19.9. The van der Waals surface area contributed by atoms with E-state index < -0.39 is 5.60 Å². The van der Waals surface area contributed by atoms with Gasteiger partial charge in [-0.1, -0.05) is 48.5 Å². The lowest BCUT2D eigenvalue weighted by atomic mass is 9.95. The number of thioether (sulfide) groups is 1. The lowest BCUT2D eigenvalue weighted by Crippen LogP contribution is -2.20. The second-order valence-corrected chi connectivity index (χ2v) is 6.18. The van der Waals surface area contributed by atoms with Crippen molar-refractivity contribution in [3.63, 3.8) is 0 Å². The maximum absolute atomic E-state index is 12.1. The van der Waals surface area contributed by atoms with E-state index in [1.807, 2.05) is 73.7 Å². The third kappa shape index (κ3) is 3.03. The quantitative estimate of drug-likeness (QED) is 0.625. The lowest BCUT2D eigenvalue weighted by molar-refractivity contribution is -0.145. The van der Waals surface area contributed by atoms with Crippen LogP contribution in [0.3, 0.4) is 0 Å². The van der Waals surface area contributed by atoms with Crippen LogP contribution >= 0.6 is 11.8 Å². The van der Waals surface area contributed by atoms with E-state index in [0.717, 1.165) is 16.0 Å². The number of hydrogen-bond donors (Lipinski definition) is 0. The molecule has 2 aromatic rings. The number of esters is 1. The van der Waals surface area contributed by atoms with Crippen molar-refractivity contribution in [1.82, 2.24) is 0 Å². The number of carbonyl (C=O) groups excluding carboxylic acids is 1. The van der Waals surface area contributed by atoms with E-state index >= 15 is 0 Å². The Balaban J connectivity index is 1.77. The number of cyclic esters (lactones) is 1.